The molecule has 6 heteroatoms. The Morgan fingerprint density at radius 3 is 2.30 bits per heavy atom. The van der Waals surface area contributed by atoms with Gasteiger partial charge < -0.3 is 20.8 Å². The van der Waals surface area contributed by atoms with Gasteiger partial charge in [0.2, 0.25) is 0 Å². The first-order valence-electron chi connectivity index (χ1n) is 8.60. The molecule has 6 nitrogen and oxygen atoms in total. The Kier molecular flexibility index (Phi) is 4.18. The lowest BCUT2D eigenvalue weighted by atomic mass is 10.1. The van der Waals surface area contributed by atoms with Gasteiger partial charge in [-0.3, -0.25) is 4.90 Å². The highest BCUT2D eigenvalue weighted by Gasteiger charge is 2.23. The number of hydrogen-bond donors (Lipinski definition) is 2. The van der Waals surface area contributed by atoms with E-state index < -0.39 is 6.03 Å². The topological polar surface area (TPSA) is 88.7 Å². The standard InChI is InChI=1S/C21H20N4O2/c1-14-2-4-16(5-3-14)25(21(23)26)17-8-6-15(7-9-17)24-12-10-19-18(20(24)22)11-13-27-19/h2-13,20H,22H2,1H3,(H2,23,26). The zero-order valence-corrected chi connectivity index (χ0v) is 14.9. The van der Waals surface area contributed by atoms with Gasteiger partial charge in [-0.1, -0.05) is 17.7 Å². The van der Waals surface area contributed by atoms with Crippen LogP contribution in [0.25, 0.3) is 6.08 Å². The third-order valence-electron chi connectivity index (χ3n) is 4.65. The van der Waals surface area contributed by atoms with E-state index in [0.29, 0.717) is 5.69 Å². The van der Waals surface area contributed by atoms with Gasteiger partial charge in [0.25, 0.3) is 0 Å². The highest BCUT2D eigenvalue weighted by molar-refractivity contribution is 5.98. The van der Waals surface area contributed by atoms with Crippen LogP contribution in [-0.4, -0.2) is 6.03 Å². The maximum Gasteiger partial charge on any atom is 0.323 e. The molecule has 2 aromatic carbocycles. The Morgan fingerprint density at radius 1 is 1.04 bits per heavy atom. The number of carbonyl (C=O) groups is 1. The molecular formula is C21H20N4O2. The summed E-state index contributed by atoms with van der Waals surface area (Å²) in [6, 6.07) is 16.5. The SMILES string of the molecule is Cc1ccc(N(C(N)=O)c2ccc(N3C=Cc4occc4C3N)cc2)cc1. The molecular weight excluding hydrogens is 340 g/mol. The lowest BCUT2D eigenvalue weighted by molar-refractivity contribution is 0.256. The Balaban J connectivity index is 1.63. The summed E-state index contributed by atoms with van der Waals surface area (Å²) in [5, 5.41) is 0. The van der Waals surface area contributed by atoms with E-state index >= 15 is 0 Å². The van der Waals surface area contributed by atoms with Crippen LogP contribution >= 0.6 is 0 Å². The van der Waals surface area contributed by atoms with Gasteiger partial charge in [0.1, 0.15) is 11.9 Å². The second kappa shape index (κ2) is 6.66. The lowest BCUT2D eigenvalue weighted by Crippen LogP contribution is -2.33. The molecule has 0 saturated carbocycles. The second-order valence-electron chi connectivity index (χ2n) is 6.43. The Hall–Kier alpha value is -3.51. The first-order valence-corrected chi connectivity index (χ1v) is 8.60. The van der Waals surface area contributed by atoms with Crippen molar-refractivity contribution in [1.82, 2.24) is 0 Å². The number of carbonyl (C=O) groups excluding carboxylic acids is 1. The molecule has 4 rings (SSSR count). The molecule has 0 fully saturated rings. The molecule has 27 heavy (non-hydrogen) atoms. The minimum Gasteiger partial charge on any atom is -0.465 e. The number of furan rings is 1. The highest BCUT2D eigenvalue weighted by atomic mass is 16.3. The molecule has 1 aliphatic heterocycles. The monoisotopic (exact) mass is 360 g/mol. The zero-order chi connectivity index (χ0) is 19.0. The summed E-state index contributed by atoms with van der Waals surface area (Å²) < 4.78 is 5.39. The van der Waals surface area contributed by atoms with Gasteiger partial charge in [0.05, 0.1) is 17.6 Å². The minimum absolute atomic E-state index is 0.334. The molecule has 2 heterocycles. The summed E-state index contributed by atoms with van der Waals surface area (Å²) in [6.07, 6.45) is 5.07. The molecule has 2 amide bonds. The molecule has 0 radical (unpaired) electrons. The number of benzene rings is 2. The van der Waals surface area contributed by atoms with Crippen molar-refractivity contribution >= 4 is 29.2 Å². The lowest BCUT2D eigenvalue weighted by Gasteiger charge is -2.30. The van der Waals surface area contributed by atoms with Gasteiger partial charge in [-0.05, 0) is 55.5 Å². The average Bonchev–Trinajstić information content (AvgIpc) is 3.14. The van der Waals surface area contributed by atoms with E-state index in [-0.39, 0.29) is 6.17 Å². The molecule has 4 N–H and O–H groups in total. The molecule has 1 atom stereocenters. The molecule has 1 unspecified atom stereocenters. The van der Waals surface area contributed by atoms with Crippen LogP contribution in [0.2, 0.25) is 0 Å². The van der Waals surface area contributed by atoms with E-state index in [1.165, 1.54) is 4.90 Å². The smallest absolute Gasteiger partial charge is 0.323 e. The van der Waals surface area contributed by atoms with Crippen LogP contribution < -0.4 is 21.3 Å². The van der Waals surface area contributed by atoms with E-state index in [4.69, 9.17) is 15.9 Å². The number of nitrogens with two attached hydrogens (primary N) is 2. The number of anilines is 3. The van der Waals surface area contributed by atoms with E-state index in [1.807, 2.05) is 78.7 Å². The van der Waals surface area contributed by atoms with Crippen LogP contribution in [-0.2, 0) is 0 Å². The maximum absolute atomic E-state index is 12.0. The normalized spacial score (nSPS) is 15.5. The molecule has 0 bridgehead atoms. The predicted octanol–water partition coefficient (Wildman–Crippen LogP) is 4.25. The molecule has 0 aliphatic carbocycles. The van der Waals surface area contributed by atoms with E-state index in [9.17, 15) is 4.79 Å². The molecule has 0 saturated heterocycles. The number of hydrogen-bond acceptors (Lipinski definition) is 4. The van der Waals surface area contributed by atoms with Crippen molar-refractivity contribution in [3.05, 3.63) is 83.9 Å². The van der Waals surface area contributed by atoms with E-state index in [2.05, 4.69) is 0 Å². The van der Waals surface area contributed by atoms with E-state index in [1.54, 1.807) is 6.26 Å². The maximum atomic E-state index is 12.0. The number of amides is 2. The van der Waals surface area contributed by atoms with Crippen molar-refractivity contribution in [1.29, 1.82) is 0 Å². The van der Waals surface area contributed by atoms with Crippen LogP contribution in [0.1, 0.15) is 23.1 Å². The minimum atomic E-state index is -0.538. The van der Waals surface area contributed by atoms with Gasteiger partial charge in [0.15, 0.2) is 0 Å². The number of nitrogens with zero attached hydrogens (tertiary/aromatic N) is 2. The van der Waals surface area contributed by atoms with Crippen molar-refractivity contribution in [3.63, 3.8) is 0 Å². The molecule has 3 aromatic rings. The zero-order valence-electron chi connectivity index (χ0n) is 14.9. The summed E-state index contributed by atoms with van der Waals surface area (Å²) in [6.45, 7) is 1.99. The predicted molar refractivity (Wildman–Crippen MR) is 106 cm³/mol. The fourth-order valence-electron chi connectivity index (χ4n) is 3.22. The average molecular weight is 360 g/mol. The van der Waals surface area contributed by atoms with Crippen LogP contribution in [0.3, 0.4) is 0 Å². The van der Waals surface area contributed by atoms with Gasteiger partial charge in [0, 0.05) is 17.5 Å². The van der Waals surface area contributed by atoms with Crippen LogP contribution in [0.5, 0.6) is 0 Å². The summed E-state index contributed by atoms with van der Waals surface area (Å²) in [5.74, 6) is 0.773. The van der Waals surface area contributed by atoms with Crippen LogP contribution in [0.4, 0.5) is 21.9 Å². The van der Waals surface area contributed by atoms with Crippen LogP contribution in [0.15, 0.2) is 71.5 Å². The van der Waals surface area contributed by atoms with Gasteiger partial charge >= 0.3 is 6.03 Å². The number of urea groups is 1. The summed E-state index contributed by atoms with van der Waals surface area (Å²) >= 11 is 0. The summed E-state index contributed by atoms with van der Waals surface area (Å²) in [7, 11) is 0. The number of fused-ring (bicyclic) bond motifs is 1. The largest absolute Gasteiger partial charge is 0.465 e. The molecule has 1 aromatic heterocycles. The van der Waals surface area contributed by atoms with Crippen molar-refractivity contribution < 1.29 is 9.21 Å². The Labute approximate surface area is 157 Å². The van der Waals surface area contributed by atoms with Crippen molar-refractivity contribution in [2.24, 2.45) is 11.5 Å². The highest BCUT2D eigenvalue weighted by Crippen LogP contribution is 2.33. The quantitative estimate of drug-likeness (QED) is 0.731. The fourth-order valence-corrected chi connectivity index (χ4v) is 3.22. The fraction of sp³-hybridized carbons (Fsp3) is 0.0952. The van der Waals surface area contributed by atoms with Crippen molar-refractivity contribution in [2.75, 3.05) is 9.80 Å². The third kappa shape index (κ3) is 3.07. The molecule has 1 aliphatic rings. The first-order chi connectivity index (χ1) is 13.0. The van der Waals surface area contributed by atoms with Gasteiger partial charge in [-0.25, -0.2) is 4.79 Å². The Bertz CT molecular complexity index is 990. The van der Waals surface area contributed by atoms with Crippen molar-refractivity contribution in [3.8, 4) is 0 Å². The molecule has 0 spiro atoms. The summed E-state index contributed by atoms with van der Waals surface area (Å²) in [5.41, 5.74) is 16.3. The first kappa shape index (κ1) is 16.9. The second-order valence-corrected chi connectivity index (χ2v) is 6.43. The van der Waals surface area contributed by atoms with Crippen LogP contribution in [0, 0.1) is 6.92 Å². The Morgan fingerprint density at radius 2 is 1.67 bits per heavy atom. The summed E-state index contributed by atoms with van der Waals surface area (Å²) in [4.78, 5) is 15.4. The number of rotatable bonds is 3. The molecule has 136 valence electrons. The van der Waals surface area contributed by atoms with Gasteiger partial charge in [-0.15, -0.1) is 0 Å². The van der Waals surface area contributed by atoms with Crippen molar-refractivity contribution in [2.45, 2.75) is 13.1 Å². The van der Waals surface area contributed by atoms with E-state index in [0.717, 1.165) is 28.3 Å². The number of primary amides is 1. The third-order valence-corrected chi connectivity index (χ3v) is 4.65. The number of aryl methyl sites for hydroxylation is 1. The van der Waals surface area contributed by atoms with Gasteiger partial charge in [-0.2, -0.15) is 0 Å².